The number of amides is 1. The molecule has 0 atom stereocenters. The number of aromatic nitrogens is 6. The van der Waals surface area contributed by atoms with Crippen LogP contribution >= 0.6 is 0 Å². The van der Waals surface area contributed by atoms with Gasteiger partial charge in [0.1, 0.15) is 12.0 Å². The molecule has 0 aliphatic rings. The van der Waals surface area contributed by atoms with Crippen molar-refractivity contribution in [2.24, 2.45) is 7.05 Å². The summed E-state index contributed by atoms with van der Waals surface area (Å²) >= 11 is 0. The zero-order valence-corrected chi connectivity index (χ0v) is 19.3. The van der Waals surface area contributed by atoms with Crippen molar-refractivity contribution in [2.45, 2.75) is 33.0 Å². The van der Waals surface area contributed by atoms with Crippen molar-refractivity contribution in [1.29, 1.82) is 0 Å². The third-order valence-electron chi connectivity index (χ3n) is 4.99. The Bertz CT molecular complexity index is 1260. The number of carbonyl (C=O) groups excluding carboxylic acids is 1. The summed E-state index contributed by atoms with van der Waals surface area (Å²) in [5, 5.41) is 14.7. The van der Waals surface area contributed by atoms with E-state index in [1.807, 2.05) is 49.7 Å². The minimum atomic E-state index is -0.187. The number of carbonyl (C=O) groups is 1. The molecule has 10 heteroatoms. The van der Waals surface area contributed by atoms with Crippen LogP contribution in [0.1, 0.15) is 35.6 Å². The molecule has 0 spiro atoms. The maximum Gasteiger partial charge on any atom is 0.251 e. The van der Waals surface area contributed by atoms with E-state index in [2.05, 4.69) is 35.8 Å². The van der Waals surface area contributed by atoms with Gasteiger partial charge in [-0.3, -0.25) is 4.79 Å². The first-order valence-corrected chi connectivity index (χ1v) is 10.9. The van der Waals surface area contributed by atoms with Gasteiger partial charge in [-0.05, 0) is 44.2 Å². The number of ether oxygens (including phenoxy) is 1. The lowest BCUT2D eigenvalue weighted by molar-refractivity contribution is 0.0950. The fraction of sp³-hybridized carbons (Fsp3) is 0.250. The van der Waals surface area contributed by atoms with Gasteiger partial charge in [0.15, 0.2) is 11.6 Å². The Balaban J connectivity index is 1.38. The minimum Gasteiger partial charge on any atom is -0.475 e. The predicted molar refractivity (Wildman–Crippen MR) is 127 cm³/mol. The van der Waals surface area contributed by atoms with Gasteiger partial charge in [-0.25, -0.2) is 15.0 Å². The van der Waals surface area contributed by atoms with Crippen LogP contribution < -0.4 is 15.4 Å². The lowest BCUT2D eigenvalue weighted by Crippen LogP contribution is -2.23. The van der Waals surface area contributed by atoms with Crippen LogP contribution in [0.2, 0.25) is 0 Å². The number of pyridine rings is 1. The van der Waals surface area contributed by atoms with Crippen molar-refractivity contribution >= 4 is 11.6 Å². The van der Waals surface area contributed by atoms with E-state index in [0.29, 0.717) is 36.1 Å². The third-order valence-corrected chi connectivity index (χ3v) is 4.99. The zero-order chi connectivity index (χ0) is 23.9. The average molecular weight is 459 g/mol. The van der Waals surface area contributed by atoms with Crippen LogP contribution in [0.3, 0.4) is 0 Å². The molecule has 0 saturated heterocycles. The molecule has 0 aliphatic carbocycles. The Morgan fingerprint density at radius 3 is 2.74 bits per heavy atom. The van der Waals surface area contributed by atoms with E-state index in [0.717, 1.165) is 17.1 Å². The van der Waals surface area contributed by atoms with Gasteiger partial charge in [-0.1, -0.05) is 12.1 Å². The van der Waals surface area contributed by atoms with Crippen LogP contribution in [0.25, 0.3) is 11.5 Å². The Labute approximate surface area is 197 Å². The summed E-state index contributed by atoms with van der Waals surface area (Å²) in [5.41, 5.74) is 2.86. The maximum atomic E-state index is 12.8. The van der Waals surface area contributed by atoms with E-state index in [9.17, 15) is 4.79 Å². The molecule has 0 fully saturated rings. The molecule has 10 nitrogen and oxygen atoms in total. The fourth-order valence-electron chi connectivity index (χ4n) is 3.28. The number of benzene rings is 1. The molecule has 4 aromatic rings. The second-order valence-corrected chi connectivity index (χ2v) is 7.84. The van der Waals surface area contributed by atoms with Crippen LogP contribution in [0.5, 0.6) is 5.88 Å². The average Bonchev–Trinajstić information content (AvgIpc) is 3.22. The van der Waals surface area contributed by atoms with Gasteiger partial charge in [-0.2, -0.15) is 0 Å². The highest BCUT2D eigenvalue weighted by molar-refractivity contribution is 5.95. The number of hydrogen-bond donors (Lipinski definition) is 2. The van der Waals surface area contributed by atoms with Gasteiger partial charge in [0.05, 0.1) is 12.6 Å². The van der Waals surface area contributed by atoms with Crippen LogP contribution in [-0.2, 0) is 20.1 Å². The predicted octanol–water partition coefficient (Wildman–Crippen LogP) is 3.00. The highest BCUT2D eigenvalue weighted by Gasteiger charge is 2.13. The number of nitrogens with one attached hydrogen (secondary N) is 2. The quantitative estimate of drug-likeness (QED) is 0.393. The topological polar surface area (TPSA) is 120 Å². The first kappa shape index (κ1) is 22.8. The first-order chi connectivity index (χ1) is 16.5. The Morgan fingerprint density at radius 2 is 1.94 bits per heavy atom. The molecule has 3 heterocycles. The van der Waals surface area contributed by atoms with E-state index >= 15 is 0 Å². The molecule has 0 saturated carbocycles. The standard InChI is InChI=1S/C24H26N8O2/c1-16(2)34-24-18(7-5-10-26-24)13-28-23(33)17-6-4-8-19(12-17)27-14-21-30-31-22(32(21)3)20-9-11-25-15-29-20/h4-12,15-16,27H,13-14H2,1-3H3,(H,28,33). The van der Waals surface area contributed by atoms with Crippen LogP contribution in [0, 0.1) is 0 Å². The summed E-state index contributed by atoms with van der Waals surface area (Å²) in [6, 6.07) is 12.8. The van der Waals surface area contributed by atoms with Crippen molar-refractivity contribution in [3.63, 3.8) is 0 Å². The van der Waals surface area contributed by atoms with Crippen LogP contribution in [0.4, 0.5) is 5.69 Å². The molecular formula is C24H26N8O2. The van der Waals surface area contributed by atoms with Gasteiger partial charge in [0.25, 0.3) is 5.91 Å². The lowest BCUT2D eigenvalue weighted by atomic mass is 10.1. The molecule has 0 bridgehead atoms. The highest BCUT2D eigenvalue weighted by atomic mass is 16.5. The van der Waals surface area contributed by atoms with Crippen molar-refractivity contribution in [1.82, 2.24) is 35.0 Å². The third kappa shape index (κ3) is 5.52. The van der Waals surface area contributed by atoms with Crippen molar-refractivity contribution in [3.05, 3.63) is 78.1 Å². The molecule has 0 unspecified atom stereocenters. The van der Waals surface area contributed by atoms with Crippen molar-refractivity contribution < 1.29 is 9.53 Å². The van der Waals surface area contributed by atoms with Crippen molar-refractivity contribution in [3.8, 4) is 17.4 Å². The molecule has 3 aromatic heterocycles. The number of anilines is 1. The molecule has 4 rings (SSSR count). The molecule has 0 aliphatic heterocycles. The second-order valence-electron chi connectivity index (χ2n) is 7.84. The Hall–Kier alpha value is -4.34. The normalized spacial score (nSPS) is 10.8. The minimum absolute atomic E-state index is 0.00179. The number of nitrogens with zero attached hydrogens (tertiary/aromatic N) is 6. The van der Waals surface area contributed by atoms with E-state index in [4.69, 9.17) is 4.74 Å². The molecule has 1 amide bonds. The fourth-order valence-corrected chi connectivity index (χ4v) is 3.28. The zero-order valence-electron chi connectivity index (χ0n) is 19.3. The number of hydrogen-bond acceptors (Lipinski definition) is 8. The summed E-state index contributed by atoms with van der Waals surface area (Å²) in [6.45, 7) is 4.63. The monoisotopic (exact) mass is 458 g/mol. The summed E-state index contributed by atoms with van der Waals surface area (Å²) in [4.78, 5) is 25.2. The SMILES string of the molecule is CC(C)Oc1ncccc1CNC(=O)c1cccc(NCc2nnc(-c3ccncn3)n2C)c1. The first-order valence-electron chi connectivity index (χ1n) is 10.9. The van der Waals surface area contributed by atoms with E-state index in [1.165, 1.54) is 6.33 Å². The molecular weight excluding hydrogens is 432 g/mol. The van der Waals surface area contributed by atoms with Crippen LogP contribution in [-0.4, -0.2) is 41.7 Å². The molecule has 34 heavy (non-hydrogen) atoms. The molecule has 174 valence electrons. The van der Waals surface area contributed by atoms with E-state index in [-0.39, 0.29) is 12.0 Å². The van der Waals surface area contributed by atoms with E-state index < -0.39 is 0 Å². The summed E-state index contributed by atoms with van der Waals surface area (Å²) in [7, 11) is 1.88. The maximum absolute atomic E-state index is 12.8. The Morgan fingerprint density at radius 1 is 1.06 bits per heavy atom. The van der Waals surface area contributed by atoms with E-state index in [1.54, 1.807) is 30.6 Å². The molecule has 2 N–H and O–H groups in total. The molecule has 1 aromatic carbocycles. The van der Waals surface area contributed by atoms with Gasteiger partial charge >= 0.3 is 0 Å². The molecule has 0 radical (unpaired) electrons. The smallest absolute Gasteiger partial charge is 0.251 e. The lowest BCUT2D eigenvalue weighted by Gasteiger charge is -2.13. The highest BCUT2D eigenvalue weighted by Crippen LogP contribution is 2.17. The summed E-state index contributed by atoms with van der Waals surface area (Å²) in [6.07, 6.45) is 4.81. The van der Waals surface area contributed by atoms with Gasteiger partial charge in [-0.15, -0.1) is 10.2 Å². The second kappa shape index (κ2) is 10.5. The summed E-state index contributed by atoms with van der Waals surface area (Å²) in [5.74, 6) is 1.73. The summed E-state index contributed by atoms with van der Waals surface area (Å²) < 4.78 is 7.60. The van der Waals surface area contributed by atoms with Gasteiger partial charge in [0.2, 0.25) is 5.88 Å². The van der Waals surface area contributed by atoms with Crippen molar-refractivity contribution in [2.75, 3.05) is 5.32 Å². The van der Waals surface area contributed by atoms with Gasteiger partial charge in [0, 0.05) is 42.8 Å². The Kier molecular flexibility index (Phi) is 7.07. The van der Waals surface area contributed by atoms with Gasteiger partial charge < -0.3 is 19.9 Å². The number of rotatable bonds is 9. The van der Waals surface area contributed by atoms with Crippen LogP contribution in [0.15, 0.2) is 61.2 Å². The largest absolute Gasteiger partial charge is 0.475 e.